The van der Waals surface area contributed by atoms with Crippen LogP contribution in [-0.4, -0.2) is 24.5 Å². The number of fused-ring (bicyclic) bond motifs is 1. The van der Waals surface area contributed by atoms with E-state index in [-0.39, 0.29) is 23.5 Å². The van der Waals surface area contributed by atoms with Crippen molar-refractivity contribution in [3.63, 3.8) is 0 Å². The zero-order valence-corrected chi connectivity index (χ0v) is 9.59. The molecule has 0 spiro atoms. The van der Waals surface area contributed by atoms with Crippen molar-refractivity contribution in [1.29, 1.82) is 0 Å². The van der Waals surface area contributed by atoms with E-state index in [9.17, 15) is 4.79 Å². The minimum atomic E-state index is -0.233. The number of nitrogens with zero attached hydrogens (tertiary/aromatic N) is 1. The summed E-state index contributed by atoms with van der Waals surface area (Å²) >= 11 is 0. The molecular formula is C12H13N3O3. The Bertz CT molecular complexity index is 634. The Hall–Kier alpha value is -2.34. The number of rotatable bonds is 4. The molecule has 0 unspecified atom stereocenters. The number of para-hydroxylation sites is 1. The average molecular weight is 247 g/mol. The highest BCUT2D eigenvalue weighted by Gasteiger charge is 2.09. The Kier molecular flexibility index (Phi) is 3.59. The fourth-order valence-corrected chi connectivity index (χ4v) is 1.52. The first-order valence-corrected chi connectivity index (χ1v) is 5.42. The normalized spacial score (nSPS) is 11.2. The van der Waals surface area contributed by atoms with Gasteiger partial charge in [0.25, 0.3) is 0 Å². The standard InChI is InChI=1S/C12H13N3O3/c13-12-9(7-15-14-5-6-16)11(17)8-3-1-2-4-10(8)18-12/h1-4,7,14,16H,5-6,13H2/b15-7+. The predicted octanol–water partition coefficient (Wildman–Crippen LogP) is 0.291. The molecule has 6 heteroatoms. The lowest BCUT2D eigenvalue weighted by atomic mass is 10.2. The molecule has 6 nitrogen and oxygen atoms in total. The van der Waals surface area contributed by atoms with Gasteiger partial charge in [-0.1, -0.05) is 12.1 Å². The Morgan fingerprint density at radius 1 is 1.44 bits per heavy atom. The van der Waals surface area contributed by atoms with E-state index in [1.807, 2.05) is 0 Å². The summed E-state index contributed by atoms with van der Waals surface area (Å²) in [5.41, 5.74) is 8.64. The maximum Gasteiger partial charge on any atom is 0.203 e. The van der Waals surface area contributed by atoms with Crippen molar-refractivity contribution in [2.45, 2.75) is 0 Å². The van der Waals surface area contributed by atoms with E-state index in [1.165, 1.54) is 6.21 Å². The van der Waals surface area contributed by atoms with Crippen LogP contribution in [0.3, 0.4) is 0 Å². The van der Waals surface area contributed by atoms with Crippen LogP contribution in [0.4, 0.5) is 5.88 Å². The van der Waals surface area contributed by atoms with Gasteiger partial charge < -0.3 is 20.7 Å². The van der Waals surface area contributed by atoms with Gasteiger partial charge >= 0.3 is 0 Å². The minimum absolute atomic E-state index is 0.0215. The number of hydrogen-bond donors (Lipinski definition) is 3. The summed E-state index contributed by atoms with van der Waals surface area (Å²) in [6.07, 6.45) is 1.29. The zero-order chi connectivity index (χ0) is 13.0. The van der Waals surface area contributed by atoms with Gasteiger partial charge in [0.15, 0.2) is 0 Å². The van der Waals surface area contributed by atoms with Gasteiger partial charge in [0, 0.05) is 0 Å². The number of benzene rings is 1. The number of aliphatic hydroxyl groups is 1. The number of nitrogens with one attached hydrogen (secondary N) is 1. The second-order valence-corrected chi connectivity index (χ2v) is 3.60. The lowest BCUT2D eigenvalue weighted by Crippen LogP contribution is -2.15. The second kappa shape index (κ2) is 5.33. The summed E-state index contributed by atoms with van der Waals surface area (Å²) in [6.45, 7) is 0.258. The maximum absolute atomic E-state index is 12.1. The molecule has 94 valence electrons. The van der Waals surface area contributed by atoms with Crippen LogP contribution in [0.25, 0.3) is 11.0 Å². The number of aliphatic hydroxyl groups excluding tert-OH is 1. The van der Waals surface area contributed by atoms with Crippen molar-refractivity contribution in [3.8, 4) is 0 Å². The Balaban J connectivity index is 2.45. The summed E-state index contributed by atoms with van der Waals surface area (Å²) in [4.78, 5) is 12.1. The van der Waals surface area contributed by atoms with Crippen LogP contribution in [-0.2, 0) is 0 Å². The molecule has 0 saturated heterocycles. The monoisotopic (exact) mass is 247 g/mol. The number of nitrogen functional groups attached to an aromatic ring is 1. The third kappa shape index (κ3) is 2.33. The molecule has 1 aromatic carbocycles. The van der Waals surface area contributed by atoms with Crippen molar-refractivity contribution in [2.75, 3.05) is 18.9 Å². The van der Waals surface area contributed by atoms with Gasteiger partial charge in [-0.3, -0.25) is 4.79 Å². The largest absolute Gasteiger partial charge is 0.440 e. The Morgan fingerprint density at radius 3 is 3.00 bits per heavy atom. The highest BCUT2D eigenvalue weighted by molar-refractivity contribution is 5.90. The van der Waals surface area contributed by atoms with E-state index in [1.54, 1.807) is 24.3 Å². The third-order valence-electron chi connectivity index (χ3n) is 2.37. The zero-order valence-electron chi connectivity index (χ0n) is 9.59. The van der Waals surface area contributed by atoms with E-state index in [2.05, 4.69) is 10.5 Å². The average Bonchev–Trinajstić information content (AvgIpc) is 2.38. The van der Waals surface area contributed by atoms with Crippen molar-refractivity contribution in [2.24, 2.45) is 5.10 Å². The van der Waals surface area contributed by atoms with Crippen LogP contribution in [0.1, 0.15) is 5.56 Å². The molecule has 0 saturated carbocycles. The van der Waals surface area contributed by atoms with Gasteiger partial charge in [-0.05, 0) is 12.1 Å². The lowest BCUT2D eigenvalue weighted by Gasteiger charge is -2.02. The number of nitrogens with two attached hydrogens (primary N) is 1. The summed E-state index contributed by atoms with van der Waals surface area (Å²) in [5, 5.41) is 12.8. The smallest absolute Gasteiger partial charge is 0.203 e. The molecule has 0 bridgehead atoms. The molecule has 1 heterocycles. The first-order chi connectivity index (χ1) is 8.74. The van der Waals surface area contributed by atoms with Gasteiger partial charge in [-0.25, -0.2) is 0 Å². The van der Waals surface area contributed by atoms with Crippen LogP contribution in [0.15, 0.2) is 38.6 Å². The van der Waals surface area contributed by atoms with Gasteiger partial charge in [0.2, 0.25) is 11.3 Å². The third-order valence-corrected chi connectivity index (χ3v) is 2.37. The van der Waals surface area contributed by atoms with E-state index in [4.69, 9.17) is 15.3 Å². The van der Waals surface area contributed by atoms with Crippen LogP contribution < -0.4 is 16.6 Å². The maximum atomic E-state index is 12.1. The topological polar surface area (TPSA) is 101 Å². The van der Waals surface area contributed by atoms with Crippen LogP contribution >= 0.6 is 0 Å². The fourth-order valence-electron chi connectivity index (χ4n) is 1.52. The molecule has 0 aliphatic carbocycles. The number of hydrogen-bond acceptors (Lipinski definition) is 6. The number of anilines is 1. The van der Waals surface area contributed by atoms with Crippen LogP contribution in [0.2, 0.25) is 0 Å². The molecule has 18 heavy (non-hydrogen) atoms. The molecular weight excluding hydrogens is 234 g/mol. The molecule has 0 radical (unpaired) electrons. The highest BCUT2D eigenvalue weighted by Crippen LogP contribution is 2.15. The Morgan fingerprint density at radius 2 is 2.22 bits per heavy atom. The van der Waals surface area contributed by atoms with Gasteiger partial charge in [0.1, 0.15) is 11.1 Å². The molecule has 0 aliphatic rings. The SMILES string of the molecule is Nc1oc2ccccc2c(=O)c1/C=N/NCCO. The summed E-state index contributed by atoms with van der Waals surface area (Å²) in [7, 11) is 0. The molecule has 2 aromatic rings. The molecule has 0 fully saturated rings. The lowest BCUT2D eigenvalue weighted by molar-refractivity contribution is 0.294. The first-order valence-electron chi connectivity index (χ1n) is 5.42. The van der Waals surface area contributed by atoms with Crippen LogP contribution in [0, 0.1) is 0 Å². The van der Waals surface area contributed by atoms with E-state index in [0.29, 0.717) is 17.5 Å². The highest BCUT2D eigenvalue weighted by atomic mass is 16.3. The van der Waals surface area contributed by atoms with Gasteiger partial charge in [0.05, 0.1) is 24.8 Å². The minimum Gasteiger partial charge on any atom is -0.440 e. The number of hydrazone groups is 1. The fraction of sp³-hybridized carbons (Fsp3) is 0.167. The van der Waals surface area contributed by atoms with E-state index < -0.39 is 0 Å². The molecule has 1 aromatic heterocycles. The summed E-state index contributed by atoms with van der Waals surface area (Å²) in [5.74, 6) is 0.0215. The summed E-state index contributed by atoms with van der Waals surface area (Å²) < 4.78 is 5.34. The Labute approximate surface area is 103 Å². The van der Waals surface area contributed by atoms with E-state index in [0.717, 1.165) is 0 Å². The van der Waals surface area contributed by atoms with Crippen molar-refractivity contribution >= 4 is 23.1 Å². The summed E-state index contributed by atoms with van der Waals surface area (Å²) in [6, 6.07) is 6.86. The molecule has 0 aliphatic heterocycles. The van der Waals surface area contributed by atoms with Crippen molar-refractivity contribution < 1.29 is 9.52 Å². The van der Waals surface area contributed by atoms with Gasteiger partial charge in [-0.2, -0.15) is 5.10 Å². The van der Waals surface area contributed by atoms with Crippen molar-refractivity contribution in [3.05, 3.63) is 40.1 Å². The quantitative estimate of drug-likeness (QED) is 0.409. The predicted molar refractivity (Wildman–Crippen MR) is 69.6 cm³/mol. The van der Waals surface area contributed by atoms with Crippen molar-refractivity contribution in [1.82, 2.24) is 5.43 Å². The molecule has 0 amide bonds. The molecule has 2 rings (SSSR count). The molecule has 0 atom stereocenters. The first kappa shape index (κ1) is 12.1. The molecule has 4 N–H and O–H groups in total. The second-order valence-electron chi connectivity index (χ2n) is 3.60. The van der Waals surface area contributed by atoms with Gasteiger partial charge in [-0.15, -0.1) is 0 Å². The van der Waals surface area contributed by atoms with E-state index >= 15 is 0 Å². The van der Waals surface area contributed by atoms with Crippen LogP contribution in [0.5, 0.6) is 0 Å².